The fraction of sp³-hybridized carbons (Fsp3) is 0.296. The number of thiophene rings is 1. The van der Waals surface area contributed by atoms with Gasteiger partial charge in [0.05, 0.1) is 31.0 Å². The van der Waals surface area contributed by atoms with Gasteiger partial charge in [-0.15, -0.1) is 11.3 Å². The highest BCUT2D eigenvalue weighted by Crippen LogP contribution is 2.30. The minimum Gasteiger partial charge on any atom is -0.379 e. The lowest BCUT2D eigenvalue weighted by molar-refractivity contribution is -0.122. The van der Waals surface area contributed by atoms with Crippen molar-refractivity contribution in [2.45, 2.75) is 19.5 Å². The lowest BCUT2D eigenvalue weighted by atomic mass is 10.0. The van der Waals surface area contributed by atoms with Crippen molar-refractivity contribution in [3.05, 3.63) is 88.5 Å². The van der Waals surface area contributed by atoms with Crippen molar-refractivity contribution in [1.82, 2.24) is 19.8 Å². The first-order chi connectivity index (χ1) is 17.1. The van der Waals surface area contributed by atoms with Gasteiger partial charge in [-0.05, 0) is 24.1 Å². The normalized spacial score (nSPS) is 15.2. The van der Waals surface area contributed by atoms with Crippen molar-refractivity contribution in [3.63, 3.8) is 0 Å². The molecule has 1 saturated heterocycles. The maximum atomic E-state index is 13.1. The third-order valence-corrected chi connectivity index (χ3v) is 7.34. The standard InChI is InChI=1S/C27H28N4O3S/c1-19-7-9-20(10-8-19)23(16-30-11-13-34-14-12-30)29-25(32)17-31-18-28-26-22(27(31)33)15-24(35-26)21-5-3-2-4-6-21/h2-10,15,18,23H,11-14,16-17H2,1H3,(H,29,32)/t23-/m1/s1. The van der Waals surface area contributed by atoms with E-state index in [0.29, 0.717) is 30.0 Å². The molecule has 0 bridgehead atoms. The average molecular weight is 489 g/mol. The van der Waals surface area contributed by atoms with Crippen LogP contribution in [0.4, 0.5) is 0 Å². The third-order valence-electron chi connectivity index (χ3n) is 6.25. The summed E-state index contributed by atoms with van der Waals surface area (Å²) in [5.41, 5.74) is 3.05. The molecule has 0 saturated carbocycles. The monoisotopic (exact) mass is 488 g/mol. The number of aromatic nitrogens is 2. The van der Waals surface area contributed by atoms with Crippen LogP contribution in [0.5, 0.6) is 0 Å². The van der Waals surface area contributed by atoms with Crippen LogP contribution in [-0.2, 0) is 16.1 Å². The summed E-state index contributed by atoms with van der Waals surface area (Å²) in [5, 5.41) is 3.68. The molecule has 1 fully saturated rings. The molecule has 180 valence electrons. The Morgan fingerprint density at radius 3 is 2.60 bits per heavy atom. The van der Waals surface area contributed by atoms with Gasteiger partial charge in [-0.3, -0.25) is 19.1 Å². The van der Waals surface area contributed by atoms with E-state index in [1.54, 1.807) is 0 Å². The molecular weight excluding hydrogens is 460 g/mol. The summed E-state index contributed by atoms with van der Waals surface area (Å²) in [5.74, 6) is -0.217. The van der Waals surface area contributed by atoms with Gasteiger partial charge < -0.3 is 10.1 Å². The summed E-state index contributed by atoms with van der Waals surface area (Å²) in [6, 6.07) is 19.8. The van der Waals surface area contributed by atoms with E-state index >= 15 is 0 Å². The number of aryl methyl sites for hydroxylation is 1. The molecule has 1 aliphatic heterocycles. The molecule has 7 nitrogen and oxygen atoms in total. The Hall–Kier alpha value is -3.33. The molecule has 4 aromatic rings. The van der Waals surface area contributed by atoms with Crippen LogP contribution in [-0.4, -0.2) is 53.2 Å². The Labute approximate surface area is 208 Å². The van der Waals surface area contributed by atoms with E-state index in [2.05, 4.69) is 39.5 Å². The SMILES string of the molecule is Cc1ccc([C@@H](CN2CCOCC2)NC(=O)Cn2cnc3sc(-c4ccccc4)cc3c2=O)cc1. The van der Waals surface area contributed by atoms with Crippen LogP contribution in [0.15, 0.2) is 71.8 Å². The van der Waals surface area contributed by atoms with Gasteiger partial charge in [0, 0.05) is 24.5 Å². The number of amides is 1. The predicted octanol–water partition coefficient (Wildman–Crippen LogP) is 3.62. The number of nitrogens with one attached hydrogen (secondary N) is 1. The number of hydrogen-bond acceptors (Lipinski definition) is 6. The smallest absolute Gasteiger partial charge is 0.262 e. The van der Waals surface area contributed by atoms with E-state index in [-0.39, 0.29) is 24.1 Å². The topological polar surface area (TPSA) is 76.5 Å². The first kappa shape index (κ1) is 23.4. The van der Waals surface area contributed by atoms with Gasteiger partial charge in [-0.2, -0.15) is 0 Å². The molecule has 3 heterocycles. The highest BCUT2D eigenvalue weighted by atomic mass is 32.1. The summed E-state index contributed by atoms with van der Waals surface area (Å²) in [7, 11) is 0. The summed E-state index contributed by atoms with van der Waals surface area (Å²) < 4.78 is 6.86. The van der Waals surface area contributed by atoms with Crippen LogP contribution in [0, 0.1) is 6.92 Å². The lowest BCUT2D eigenvalue weighted by Crippen LogP contribution is -2.44. The van der Waals surface area contributed by atoms with Crippen molar-refractivity contribution in [3.8, 4) is 10.4 Å². The molecule has 1 N–H and O–H groups in total. The molecule has 1 amide bonds. The second-order valence-corrected chi connectivity index (χ2v) is 9.85. The molecule has 0 unspecified atom stereocenters. The molecule has 0 radical (unpaired) electrons. The molecule has 1 atom stereocenters. The van der Waals surface area contributed by atoms with Crippen LogP contribution in [0.3, 0.4) is 0 Å². The summed E-state index contributed by atoms with van der Waals surface area (Å²) in [4.78, 5) is 34.6. The van der Waals surface area contributed by atoms with Gasteiger partial charge in [0.1, 0.15) is 11.4 Å². The Morgan fingerprint density at radius 2 is 1.86 bits per heavy atom. The van der Waals surface area contributed by atoms with E-state index in [9.17, 15) is 9.59 Å². The van der Waals surface area contributed by atoms with Crippen LogP contribution >= 0.6 is 11.3 Å². The first-order valence-corrected chi connectivity index (χ1v) is 12.6. The fourth-order valence-corrected chi connectivity index (χ4v) is 5.28. The number of fused-ring (bicyclic) bond motifs is 1. The van der Waals surface area contributed by atoms with Gasteiger partial charge >= 0.3 is 0 Å². The van der Waals surface area contributed by atoms with Gasteiger partial charge in [-0.1, -0.05) is 60.2 Å². The zero-order valence-corrected chi connectivity index (χ0v) is 20.5. The zero-order valence-electron chi connectivity index (χ0n) is 19.6. The van der Waals surface area contributed by atoms with Crippen LogP contribution in [0.25, 0.3) is 20.7 Å². The van der Waals surface area contributed by atoms with Crippen molar-refractivity contribution in [2.75, 3.05) is 32.8 Å². The fourth-order valence-electron chi connectivity index (χ4n) is 4.29. The Balaban J connectivity index is 1.34. The summed E-state index contributed by atoms with van der Waals surface area (Å²) in [6.07, 6.45) is 1.47. The minimum atomic E-state index is -0.217. The van der Waals surface area contributed by atoms with Gasteiger partial charge in [0.2, 0.25) is 5.91 Å². The average Bonchev–Trinajstić information content (AvgIpc) is 3.32. The number of morpholine rings is 1. The molecule has 0 aliphatic carbocycles. The highest BCUT2D eigenvalue weighted by Gasteiger charge is 2.21. The number of carbonyl (C=O) groups excluding carboxylic acids is 1. The number of carbonyl (C=O) groups is 1. The Kier molecular flexibility index (Phi) is 7.03. The molecule has 5 rings (SSSR count). The van der Waals surface area contributed by atoms with Crippen molar-refractivity contribution >= 4 is 27.5 Å². The maximum Gasteiger partial charge on any atom is 0.262 e. The van der Waals surface area contributed by atoms with E-state index < -0.39 is 0 Å². The number of hydrogen-bond donors (Lipinski definition) is 1. The number of rotatable bonds is 7. The van der Waals surface area contributed by atoms with Crippen molar-refractivity contribution < 1.29 is 9.53 Å². The molecule has 8 heteroatoms. The van der Waals surface area contributed by atoms with E-state index in [1.165, 1.54) is 27.8 Å². The van der Waals surface area contributed by atoms with Gasteiger partial charge in [0.15, 0.2) is 0 Å². The van der Waals surface area contributed by atoms with E-state index in [4.69, 9.17) is 4.74 Å². The molecule has 35 heavy (non-hydrogen) atoms. The second kappa shape index (κ2) is 10.5. The van der Waals surface area contributed by atoms with Crippen LogP contribution in [0.2, 0.25) is 0 Å². The third kappa shape index (κ3) is 5.51. The Bertz CT molecular complexity index is 1360. The second-order valence-electron chi connectivity index (χ2n) is 8.82. The quantitative estimate of drug-likeness (QED) is 0.430. The zero-order chi connectivity index (χ0) is 24.2. The molecule has 2 aromatic carbocycles. The van der Waals surface area contributed by atoms with Crippen LogP contribution in [0.1, 0.15) is 17.2 Å². The largest absolute Gasteiger partial charge is 0.379 e. The van der Waals surface area contributed by atoms with Crippen molar-refractivity contribution in [1.29, 1.82) is 0 Å². The van der Waals surface area contributed by atoms with E-state index in [0.717, 1.165) is 29.1 Å². The minimum absolute atomic E-state index is 0.0796. The number of nitrogens with zero attached hydrogens (tertiary/aromatic N) is 3. The van der Waals surface area contributed by atoms with E-state index in [1.807, 2.05) is 43.3 Å². The van der Waals surface area contributed by atoms with Crippen molar-refractivity contribution in [2.24, 2.45) is 0 Å². The summed E-state index contributed by atoms with van der Waals surface area (Å²) in [6.45, 7) is 5.71. The summed E-state index contributed by atoms with van der Waals surface area (Å²) >= 11 is 1.48. The molecule has 1 aliphatic rings. The Morgan fingerprint density at radius 1 is 1.11 bits per heavy atom. The molecular formula is C27H28N4O3S. The van der Waals surface area contributed by atoms with Crippen LogP contribution < -0.4 is 10.9 Å². The van der Waals surface area contributed by atoms with Gasteiger partial charge in [-0.25, -0.2) is 4.98 Å². The number of ether oxygens (including phenoxy) is 1. The van der Waals surface area contributed by atoms with Gasteiger partial charge in [0.25, 0.3) is 5.56 Å². The number of benzene rings is 2. The predicted molar refractivity (Wildman–Crippen MR) is 139 cm³/mol. The molecule has 0 spiro atoms. The maximum absolute atomic E-state index is 13.1. The molecule has 2 aromatic heterocycles. The lowest BCUT2D eigenvalue weighted by Gasteiger charge is -2.31. The first-order valence-electron chi connectivity index (χ1n) is 11.8. The highest BCUT2D eigenvalue weighted by molar-refractivity contribution is 7.21.